The Labute approximate surface area is 144 Å². The molecule has 24 heavy (non-hydrogen) atoms. The predicted octanol–water partition coefficient (Wildman–Crippen LogP) is 3.01. The van der Waals surface area contributed by atoms with Crippen LogP contribution in [0.4, 0.5) is 0 Å². The number of aryl methyl sites for hydroxylation is 1. The van der Waals surface area contributed by atoms with Crippen molar-refractivity contribution in [1.29, 1.82) is 0 Å². The van der Waals surface area contributed by atoms with E-state index < -0.39 is 0 Å². The number of carbonyl (C=O) groups excluding carboxylic acids is 1. The smallest absolute Gasteiger partial charge is 0.223 e. The van der Waals surface area contributed by atoms with Crippen molar-refractivity contribution >= 4 is 5.91 Å². The van der Waals surface area contributed by atoms with Crippen LogP contribution >= 0.6 is 0 Å². The highest BCUT2D eigenvalue weighted by molar-refractivity contribution is 5.76. The molecule has 0 saturated carbocycles. The Balaban J connectivity index is 1.93. The molecule has 4 heteroatoms. The minimum absolute atomic E-state index is 0.170. The second-order valence-electron chi connectivity index (χ2n) is 5.79. The highest BCUT2D eigenvalue weighted by Crippen LogP contribution is 2.14. The van der Waals surface area contributed by atoms with Gasteiger partial charge in [-0.3, -0.25) is 4.79 Å². The maximum atomic E-state index is 12.6. The van der Waals surface area contributed by atoms with Crippen LogP contribution < -0.4 is 10.5 Å². The summed E-state index contributed by atoms with van der Waals surface area (Å²) < 4.78 is 5.16. The number of ether oxygens (including phenoxy) is 1. The Kier molecular flexibility index (Phi) is 7.30. The molecule has 0 aliphatic heterocycles. The lowest BCUT2D eigenvalue weighted by Gasteiger charge is -2.23. The van der Waals surface area contributed by atoms with Crippen molar-refractivity contribution in [2.24, 2.45) is 5.73 Å². The lowest BCUT2D eigenvalue weighted by molar-refractivity contribution is -0.131. The standard InChI is InChI=1S/C20H26N2O2/c1-24-19-11-8-17(9-12-19)10-13-20(23)22(15-5-14-21)16-18-6-3-2-4-7-18/h2-4,6-9,11-12H,5,10,13-16,21H2,1H3. The van der Waals surface area contributed by atoms with Gasteiger partial charge in [-0.2, -0.15) is 0 Å². The fraction of sp³-hybridized carbons (Fsp3) is 0.350. The van der Waals surface area contributed by atoms with E-state index in [0.717, 1.165) is 29.7 Å². The molecule has 0 radical (unpaired) electrons. The number of hydrogen-bond donors (Lipinski definition) is 1. The zero-order valence-electron chi connectivity index (χ0n) is 14.3. The van der Waals surface area contributed by atoms with Crippen LogP contribution in [-0.4, -0.2) is 31.0 Å². The van der Waals surface area contributed by atoms with Crippen LogP contribution in [0.25, 0.3) is 0 Å². The van der Waals surface area contributed by atoms with Crippen molar-refractivity contribution in [1.82, 2.24) is 4.90 Å². The fourth-order valence-electron chi connectivity index (χ4n) is 2.58. The van der Waals surface area contributed by atoms with Gasteiger partial charge >= 0.3 is 0 Å². The summed E-state index contributed by atoms with van der Waals surface area (Å²) in [5.74, 6) is 1.00. The van der Waals surface area contributed by atoms with Gasteiger partial charge in [0.05, 0.1) is 7.11 Å². The lowest BCUT2D eigenvalue weighted by Crippen LogP contribution is -2.32. The molecule has 0 spiro atoms. The highest BCUT2D eigenvalue weighted by Gasteiger charge is 2.13. The zero-order chi connectivity index (χ0) is 17.2. The first kappa shape index (κ1) is 18.0. The Morgan fingerprint density at radius 1 is 1.04 bits per heavy atom. The summed E-state index contributed by atoms with van der Waals surface area (Å²) in [6.07, 6.45) is 2.06. The molecule has 0 fully saturated rings. The van der Waals surface area contributed by atoms with E-state index >= 15 is 0 Å². The quantitative estimate of drug-likeness (QED) is 0.771. The Bertz CT molecular complexity index is 611. The second kappa shape index (κ2) is 9.73. The van der Waals surface area contributed by atoms with Crippen LogP contribution in [0.5, 0.6) is 5.75 Å². The molecule has 2 aromatic carbocycles. The first-order chi connectivity index (χ1) is 11.7. The van der Waals surface area contributed by atoms with Crippen molar-refractivity contribution in [3.8, 4) is 5.75 Å². The number of rotatable bonds is 9. The number of nitrogens with zero attached hydrogens (tertiary/aromatic N) is 1. The lowest BCUT2D eigenvalue weighted by atomic mass is 10.1. The average molecular weight is 326 g/mol. The number of benzene rings is 2. The molecule has 0 aromatic heterocycles. The van der Waals surface area contributed by atoms with E-state index in [1.807, 2.05) is 59.5 Å². The van der Waals surface area contributed by atoms with Crippen LogP contribution in [0, 0.1) is 0 Å². The van der Waals surface area contributed by atoms with Crippen LogP contribution in [0.15, 0.2) is 54.6 Å². The van der Waals surface area contributed by atoms with Gasteiger partial charge < -0.3 is 15.4 Å². The first-order valence-electron chi connectivity index (χ1n) is 8.37. The fourth-order valence-corrected chi connectivity index (χ4v) is 2.58. The Hall–Kier alpha value is -2.33. The average Bonchev–Trinajstić information content (AvgIpc) is 2.64. The van der Waals surface area contributed by atoms with E-state index in [0.29, 0.717) is 26.1 Å². The summed E-state index contributed by atoms with van der Waals surface area (Å²) in [6, 6.07) is 17.9. The molecule has 0 saturated heterocycles. The number of hydrogen-bond acceptors (Lipinski definition) is 3. The minimum atomic E-state index is 0.170. The highest BCUT2D eigenvalue weighted by atomic mass is 16.5. The second-order valence-corrected chi connectivity index (χ2v) is 5.79. The van der Waals surface area contributed by atoms with E-state index in [-0.39, 0.29) is 5.91 Å². The predicted molar refractivity (Wildman–Crippen MR) is 96.8 cm³/mol. The van der Waals surface area contributed by atoms with Crippen molar-refractivity contribution in [2.45, 2.75) is 25.8 Å². The Morgan fingerprint density at radius 3 is 2.38 bits per heavy atom. The molecule has 0 aliphatic rings. The minimum Gasteiger partial charge on any atom is -0.497 e. The normalized spacial score (nSPS) is 10.4. The molecule has 1 amide bonds. The largest absolute Gasteiger partial charge is 0.497 e. The number of carbonyl (C=O) groups is 1. The van der Waals surface area contributed by atoms with Crippen molar-refractivity contribution in [2.75, 3.05) is 20.2 Å². The van der Waals surface area contributed by atoms with E-state index in [9.17, 15) is 4.79 Å². The van der Waals surface area contributed by atoms with Crippen LogP contribution in [0.2, 0.25) is 0 Å². The molecule has 2 rings (SSSR count). The maximum absolute atomic E-state index is 12.6. The third kappa shape index (κ3) is 5.70. The van der Waals surface area contributed by atoms with Crippen LogP contribution in [0.1, 0.15) is 24.0 Å². The summed E-state index contributed by atoms with van der Waals surface area (Å²) >= 11 is 0. The molecular formula is C20H26N2O2. The van der Waals surface area contributed by atoms with E-state index in [1.54, 1.807) is 7.11 Å². The summed E-state index contributed by atoms with van der Waals surface area (Å²) in [4.78, 5) is 14.5. The van der Waals surface area contributed by atoms with Crippen molar-refractivity contribution in [3.05, 3.63) is 65.7 Å². The summed E-state index contributed by atoms with van der Waals surface area (Å²) in [5.41, 5.74) is 7.90. The molecule has 0 atom stereocenters. The van der Waals surface area contributed by atoms with Crippen molar-refractivity contribution in [3.63, 3.8) is 0 Å². The van der Waals surface area contributed by atoms with Crippen LogP contribution in [0.3, 0.4) is 0 Å². The van der Waals surface area contributed by atoms with E-state index in [1.165, 1.54) is 0 Å². The number of nitrogens with two attached hydrogens (primary N) is 1. The van der Waals surface area contributed by atoms with Gasteiger partial charge in [-0.05, 0) is 42.6 Å². The van der Waals surface area contributed by atoms with E-state index in [2.05, 4.69) is 0 Å². The molecule has 2 aromatic rings. The Morgan fingerprint density at radius 2 is 1.75 bits per heavy atom. The molecular weight excluding hydrogens is 300 g/mol. The molecule has 0 bridgehead atoms. The molecule has 128 valence electrons. The molecule has 0 unspecified atom stereocenters. The molecule has 0 heterocycles. The molecule has 4 nitrogen and oxygen atoms in total. The topological polar surface area (TPSA) is 55.6 Å². The van der Waals surface area contributed by atoms with Gasteiger partial charge in [0.15, 0.2) is 0 Å². The number of methoxy groups -OCH3 is 1. The van der Waals surface area contributed by atoms with Gasteiger partial charge in [0.2, 0.25) is 5.91 Å². The summed E-state index contributed by atoms with van der Waals surface area (Å²) in [7, 11) is 1.65. The molecule has 2 N–H and O–H groups in total. The van der Waals surface area contributed by atoms with Gasteiger partial charge in [-0.1, -0.05) is 42.5 Å². The molecule has 0 aliphatic carbocycles. The maximum Gasteiger partial charge on any atom is 0.223 e. The first-order valence-corrected chi connectivity index (χ1v) is 8.37. The van der Waals surface area contributed by atoms with Gasteiger partial charge in [0.25, 0.3) is 0 Å². The van der Waals surface area contributed by atoms with E-state index in [4.69, 9.17) is 10.5 Å². The third-order valence-electron chi connectivity index (χ3n) is 3.99. The summed E-state index contributed by atoms with van der Waals surface area (Å²) in [5, 5.41) is 0. The third-order valence-corrected chi connectivity index (χ3v) is 3.99. The van der Waals surface area contributed by atoms with Gasteiger partial charge in [-0.15, -0.1) is 0 Å². The van der Waals surface area contributed by atoms with Crippen molar-refractivity contribution < 1.29 is 9.53 Å². The number of amides is 1. The van der Waals surface area contributed by atoms with Gasteiger partial charge in [0.1, 0.15) is 5.75 Å². The van der Waals surface area contributed by atoms with Crippen LogP contribution in [-0.2, 0) is 17.8 Å². The summed E-state index contributed by atoms with van der Waals surface area (Å²) in [6.45, 7) is 1.94. The van der Waals surface area contributed by atoms with Gasteiger partial charge in [-0.25, -0.2) is 0 Å². The van der Waals surface area contributed by atoms with Gasteiger partial charge in [0, 0.05) is 19.5 Å². The monoisotopic (exact) mass is 326 g/mol. The zero-order valence-corrected chi connectivity index (χ0v) is 14.3. The SMILES string of the molecule is COc1ccc(CCC(=O)N(CCCN)Cc2ccccc2)cc1.